The summed E-state index contributed by atoms with van der Waals surface area (Å²) in [6.07, 6.45) is -4.76. The van der Waals surface area contributed by atoms with Gasteiger partial charge in [-0.2, -0.15) is 0 Å². The number of nitrogens with one attached hydrogen (secondary N) is 2. The van der Waals surface area contributed by atoms with Crippen molar-refractivity contribution in [2.45, 2.75) is 6.36 Å². The average Bonchev–Trinajstić information content (AvgIpc) is 3.09. The van der Waals surface area contributed by atoms with Gasteiger partial charge in [0.25, 0.3) is 5.91 Å². The number of rotatable bonds is 6. The molecule has 11 heteroatoms. The normalized spacial score (nSPS) is 11.2. The zero-order valence-electron chi connectivity index (χ0n) is 15.9. The van der Waals surface area contributed by atoms with Gasteiger partial charge >= 0.3 is 12.3 Å². The molecular formula is C19H17F3N4O4. The first kappa shape index (κ1) is 21.0. The predicted molar refractivity (Wildman–Crippen MR) is 101 cm³/mol. The summed E-state index contributed by atoms with van der Waals surface area (Å²) in [5, 5.41) is 2.93. The van der Waals surface area contributed by atoms with Gasteiger partial charge in [-0.15, -0.1) is 13.2 Å². The number of methoxy groups -OCH3 is 1. The SMILES string of the molecule is COC(=O)CN(C)C(=O)c1ccc2[nH]c(Nc3ccc(OC(F)(F)F)cc3)nc2c1. The Morgan fingerprint density at radius 3 is 2.50 bits per heavy atom. The molecule has 0 spiro atoms. The van der Waals surface area contributed by atoms with E-state index in [0.29, 0.717) is 28.2 Å². The molecule has 0 saturated carbocycles. The highest BCUT2D eigenvalue weighted by atomic mass is 19.4. The van der Waals surface area contributed by atoms with Gasteiger partial charge in [0.15, 0.2) is 0 Å². The largest absolute Gasteiger partial charge is 0.573 e. The number of amides is 1. The van der Waals surface area contributed by atoms with E-state index in [9.17, 15) is 22.8 Å². The summed E-state index contributed by atoms with van der Waals surface area (Å²) in [7, 11) is 2.72. The number of aromatic amines is 1. The van der Waals surface area contributed by atoms with Crippen molar-refractivity contribution in [2.24, 2.45) is 0 Å². The number of hydrogen-bond acceptors (Lipinski definition) is 6. The van der Waals surface area contributed by atoms with E-state index in [1.54, 1.807) is 18.2 Å². The number of fused-ring (bicyclic) bond motifs is 1. The number of esters is 1. The lowest BCUT2D eigenvalue weighted by atomic mass is 10.2. The Morgan fingerprint density at radius 2 is 1.87 bits per heavy atom. The number of nitrogens with zero attached hydrogens (tertiary/aromatic N) is 2. The third-order valence-electron chi connectivity index (χ3n) is 4.02. The molecule has 3 rings (SSSR count). The number of hydrogen-bond donors (Lipinski definition) is 2. The molecule has 0 saturated heterocycles. The van der Waals surface area contributed by atoms with Gasteiger partial charge in [-0.05, 0) is 42.5 Å². The zero-order chi connectivity index (χ0) is 21.9. The predicted octanol–water partition coefficient (Wildman–Crippen LogP) is 3.45. The number of alkyl halides is 3. The highest BCUT2D eigenvalue weighted by Gasteiger charge is 2.30. The highest BCUT2D eigenvalue weighted by molar-refractivity contribution is 5.98. The fourth-order valence-electron chi connectivity index (χ4n) is 2.63. The van der Waals surface area contributed by atoms with E-state index >= 15 is 0 Å². The van der Waals surface area contributed by atoms with Crippen molar-refractivity contribution in [3.8, 4) is 5.75 Å². The van der Waals surface area contributed by atoms with Crippen LogP contribution in [0.1, 0.15) is 10.4 Å². The summed E-state index contributed by atoms with van der Waals surface area (Å²) < 4.78 is 45.0. The average molecular weight is 422 g/mol. The van der Waals surface area contributed by atoms with E-state index < -0.39 is 12.3 Å². The third-order valence-corrected chi connectivity index (χ3v) is 4.02. The second-order valence-electron chi connectivity index (χ2n) is 6.25. The van der Waals surface area contributed by atoms with Gasteiger partial charge in [0.1, 0.15) is 12.3 Å². The molecule has 0 aliphatic rings. The van der Waals surface area contributed by atoms with E-state index in [1.807, 2.05) is 0 Å². The molecule has 0 fully saturated rings. The molecule has 0 radical (unpaired) electrons. The zero-order valence-corrected chi connectivity index (χ0v) is 15.9. The van der Waals surface area contributed by atoms with Gasteiger partial charge in [-0.1, -0.05) is 0 Å². The number of likely N-dealkylation sites (N-methyl/N-ethyl adjacent to an activating group) is 1. The van der Waals surface area contributed by atoms with Crippen LogP contribution in [-0.2, 0) is 9.53 Å². The van der Waals surface area contributed by atoms with Crippen LogP contribution in [0.25, 0.3) is 11.0 Å². The summed E-state index contributed by atoms with van der Waals surface area (Å²) in [6, 6.07) is 9.97. The Hall–Kier alpha value is -3.76. The maximum atomic E-state index is 12.4. The van der Waals surface area contributed by atoms with Crippen molar-refractivity contribution in [3.63, 3.8) is 0 Å². The van der Waals surface area contributed by atoms with Gasteiger partial charge in [0.2, 0.25) is 5.95 Å². The van der Waals surface area contributed by atoms with E-state index in [0.717, 1.165) is 0 Å². The van der Waals surface area contributed by atoms with E-state index in [4.69, 9.17) is 0 Å². The molecule has 30 heavy (non-hydrogen) atoms. The molecule has 158 valence electrons. The Morgan fingerprint density at radius 1 is 1.17 bits per heavy atom. The molecule has 2 aromatic carbocycles. The van der Waals surface area contributed by atoms with Crippen LogP contribution in [0, 0.1) is 0 Å². The Kier molecular flexibility index (Phi) is 5.81. The maximum absolute atomic E-state index is 12.4. The van der Waals surface area contributed by atoms with Crippen molar-refractivity contribution >= 4 is 34.5 Å². The maximum Gasteiger partial charge on any atom is 0.573 e. The standard InChI is InChI=1S/C19H17F3N4O4/c1-26(10-16(27)29-2)17(28)11-3-8-14-15(9-11)25-18(24-14)23-12-4-6-13(7-5-12)30-19(20,21)22/h3-9H,10H2,1-2H3,(H2,23,24,25). The van der Waals surface area contributed by atoms with Crippen molar-refractivity contribution in [1.82, 2.24) is 14.9 Å². The minimum absolute atomic E-state index is 0.186. The molecule has 1 amide bonds. The number of benzene rings is 2. The smallest absolute Gasteiger partial charge is 0.468 e. The molecular weight excluding hydrogens is 405 g/mol. The molecule has 0 bridgehead atoms. The van der Waals surface area contributed by atoms with Crippen LogP contribution < -0.4 is 10.1 Å². The number of H-pyrrole nitrogens is 1. The summed E-state index contributed by atoms with van der Waals surface area (Å²) in [5.41, 5.74) is 1.95. The molecule has 2 N–H and O–H groups in total. The first-order valence-electron chi connectivity index (χ1n) is 8.59. The monoisotopic (exact) mass is 422 g/mol. The number of halogens is 3. The molecule has 8 nitrogen and oxygen atoms in total. The lowest BCUT2D eigenvalue weighted by Crippen LogP contribution is -2.32. The number of aromatic nitrogens is 2. The van der Waals surface area contributed by atoms with Crippen molar-refractivity contribution in [2.75, 3.05) is 26.0 Å². The molecule has 0 aliphatic carbocycles. The fraction of sp³-hybridized carbons (Fsp3) is 0.211. The van der Waals surface area contributed by atoms with Crippen molar-refractivity contribution in [1.29, 1.82) is 0 Å². The van der Waals surface area contributed by atoms with Crippen LogP contribution in [0.4, 0.5) is 24.8 Å². The first-order valence-corrected chi connectivity index (χ1v) is 8.59. The lowest BCUT2D eigenvalue weighted by Gasteiger charge is -2.15. The molecule has 0 unspecified atom stereocenters. The lowest BCUT2D eigenvalue weighted by molar-refractivity contribution is -0.274. The summed E-state index contributed by atoms with van der Waals surface area (Å²) in [5.74, 6) is -0.913. The van der Waals surface area contributed by atoms with Gasteiger partial charge in [0, 0.05) is 18.3 Å². The van der Waals surface area contributed by atoms with Crippen LogP contribution >= 0.6 is 0 Å². The molecule has 1 heterocycles. The Balaban J connectivity index is 1.73. The minimum atomic E-state index is -4.76. The van der Waals surface area contributed by atoms with Crippen LogP contribution in [0.2, 0.25) is 0 Å². The fourth-order valence-corrected chi connectivity index (χ4v) is 2.63. The molecule has 1 aromatic heterocycles. The van der Waals surface area contributed by atoms with E-state index in [-0.39, 0.29) is 18.2 Å². The topological polar surface area (TPSA) is 96.5 Å². The van der Waals surface area contributed by atoms with Gasteiger partial charge in [0.05, 0.1) is 18.1 Å². The molecule has 0 atom stereocenters. The number of anilines is 2. The third kappa shape index (κ3) is 5.19. The number of carbonyl (C=O) groups excluding carboxylic acids is 2. The van der Waals surface area contributed by atoms with E-state index in [2.05, 4.69) is 24.8 Å². The van der Waals surface area contributed by atoms with Crippen molar-refractivity contribution < 1.29 is 32.2 Å². The summed E-state index contributed by atoms with van der Waals surface area (Å²) >= 11 is 0. The van der Waals surface area contributed by atoms with Crippen LogP contribution in [0.15, 0.2) is 42.5 Å². The van der Waals surface area contributed by atoms with Crippen molar-refractivity contribution in [3.05, 3.63) is 48.0 Å². The quantitative estimate of drug-likeness (QED) is 0.591. The highest BCUT2D eigenvalue weighted by Crippen LogP contribution is 2.25. The summed E-state index contributed by atoms with van der Waals surface area (Å²) in [6.45, 7) is -0.186. The Labute approximate surface area is 168 Å². The summed E-state index contributed by atoms with van der Waals surface area (Å²) in [4.78, 5) is 32.3. The van der Waals surface area contributed by atoms with E-state index in [1.165, 1.54) is 43.3 Å². The van der Waals surface area contributed by atoms with Crippen LogP contribution in [0.3, 0.4) is 0 Å². The molecule has 3 aromatic rings. The first-order chi connectivity index (χ1) is 14.1. The number of carbonyl (C=O) groups is 2. The van der Waals surface area contributed by atoms with Crippen LogP contribution in [-0.4, -0.2) is 53.8 Å². The second kappa shape index (κ2) is 8.31. The van der Waals surface area contributed by atoms with Gasteiger partial charge < -0.3 is 24.7 Å². The Bertz CT molecular complexity index is 1060. The minimum Gasteiger partial charge on any atom is -0.468 e. The van der Waals surface area contributed by atoms with Gasteiger partial charge in [-0.25, -0.2) is 4.98 Å². The number of ether oxygens (including phenoxy) is 2. The van der Waals surface area contributed by atoms with Gasteiger partial charge in [-0.3, -0.25) is 9.59 Å². The number of imidazole rings is 1. The second-order valence-corrected chi connectivity index (χ2v) is 6.25. The van der Waals surface area contributed by atoms with Crippen LogP contribution in [0.5, 0.6) is 5.75 Å². The molecule has 0 aliphatic heterocycles.